The average molecular weight is 345 g/mol. The molecule has 4 rings (SSSR count). The van der Waals surface area contributed by atoms with E-state index in [1.165, 1.54) is 39.9 Å². The zero-order valence-corrected chi connectivity index (χ0v) is 16.1. The molecule has 2 heterocycles. The van der Waals surface area contributed by atoms with E-state index in [0.717, 1.165) is 19.6 Å². The molecule has 1 aliphatic heterocycles. The molecular weight excluding hydrogens is 316 g/mol. The Morgan fingerprint density at radius 3 is 2.58 bits per heavy atom. The molecule has 3 aromatic rings. The van der Waals surface area contributed by atoms with Crippen LogP contribution in [0.3, 0.4) is 0 Å². The van der Waals surface area contributed by atoms with E-state index in [1.807, 2.05) is 0 Å². The molecule has 0 unspecified atom stereocenters. The van der Waals surface area contributed by atoms with Crippen molar-refractivity contribution < 1.29 is 0 Å². The third kappa shape index (κ3) is 3.34. The molecule has 0 saturated carbocycles. The summed E-state index contributed by atoms with van der Waals surface area (Å²) in [5.41, 5.74) is 8.32. The normalized spacial score (nSPS) is 17.7. The van der Waals surface area contributed by atoms with Crippen molar-refractivity contribution in [2.24, 2.45) is 0 Å². The summed E-state index contributed by atoms with van der Waals surface area (Å²) in [5.74, 6) is 0. The van der Waals surface area contributed by atoms with Crippen LogP contribution in [0.5, 0.6) is 0 Å². The van der Waals surface area contributed by atoms with Crippen LogP contribution in [-0.2, 0) is 13.1 Å². The van der Waals surface area contributed by atoms with Gasteiger partial charge in [-0.25, -0.2) is 0 Å². The summed E-state index contributed by atoms with van der Waals surface area (Å²) in [6.07, 6.45) is 3.43. The van der Waals surface area contributed by atoms with E-state index in [1.54, 1.807) is 0 Å². The van der Waals surface area contributed by atoms with E-state index in [2.05, 4.69) is 91.0 Å². The molecule has 0 N–H and O–H groups in total. The third-order valence-corrected chi connectivity index (χ3v) is 5.55. The molecule has 26 heavy (non-hydrogen) atoms. The maximum absolute atomic E-state index is 2.66. The fraction of sp³-hybridized carbons (Fsp3) is 0.333. The van der Waals surface area contributed by atoms with Crippen molar-refractivity contribution in [3.05, 3.63) is 94.3 Å². The zero-order valence-electron chi connectivity index (χ0n) is 16.1. The highest BCUT2D eigenvalue weighted by Gasteiger charge is 2.28. The summed E-state index contributed by atoms with van der Waals surface area (Å²) in [4.78, 5) is 2.66. The van der Waals surface area contributed by atoms with Crippen LogP contribution in [-0.4, -0.2) is 16.0 Å². The molecule has 2 aromatic carbocycles. The predicted octanol–water partition coefficient (Wildman–Crippen LogP) is 5.41. The second kappa shape index (κ2) is 7.13. The maximum atomic E-state index is 2.66. The third-order valence-electron chi connectivity index (χ3n) is 5.55. The molecule has 1 aliphatic rings. The van der Waals surface area contributed by atoms with Gasteiger partial charge < -0.3 is 4.57 Å². The van der Waals surface area contributed by atoms with Crippen LogP contribution in [0.15, 0.2) is 60.8 Å². The van der Waals surface area contributed by atoms with Crippen LogP contribution in [0.4, 0.5) is 0 Å². The first-order valence-electron chi connectivity index (χ1n) is 9.63. The number of benzene rings is 2. The van der Waals surface area contributed by atoms with E-state index >= 15 is 0 Å². The van der Waals surface area contributed by atoms with E-state index in [9.17, 15) is 0 Å². The second-order valence-corrected chi connectivity index (χ2v) is 7.70. The summed E-state index contributed by atoms with van der Waals surface area (Å²) in [5, 5.41) is 0. The molecule has 2 heteroatoms. The summed E-state index contributed by atoms with van der Waals surface area (Å²) >= 11 is 0. The van der Waals surface area contributed by atoms with Gasteiger partial charge >= 0.3 is 0 Å². The smallest absolute Gasteiger partial charge is 0.0761 e. The lowest BCUT2D eigenvalue weighted by atomic mass is 9.95. The largest absolute Gasteiger partial charge is 0.350 e. The molecule has 0 spiro atoms. The van der Waals surface area contributed by atoms with Gasteiger partial charge in [-0.05, 0) is 56.0 Å². The second-order valence-electron chi connectivity index (χ2n) is 7.70. The first-order valence-corrected chi connectivity index (χ1v) is 9.63. The summed E-state index contributed by atoms with van der Waals surface area (Å²) in [6.45, 7) is 9.84. The fourth-order valence-electron chi connectivity index (χ4n) is 4.27. The van der Waals surface area contributed by atoms with Gasteiger partial charge in [0.15, 0.2) is 0 Å². The highest BCUT2D eigenvalue weighted by atomic mass is 15.2. The summed E-state index contributed by atoms with van der Waals surface area (Å²) < 4.78 is 2.45. The van der Waals surface area contributed by atoms with Crippen molar-refractivity contribution in [3.63, 3.8) is 0 Å². The predicted molar refractivity (Wildman–Crippen MR) is 108 cm³/mol. The molecule has 2 nitrogen and oxygen atoms in total. The molecule has 0 amide bonds. The minimum absolute atomic E-state index is 0.313. The van der Waals surface area contributed by atoms with Gasteiger partial charge in [0.1, 0.15) is 0 Å². The topological polar surface area (TPSA) is 8.17 Å². The van der Waals surface area contributed by atoms with Crippen LogP contribution < -0.4 is 0 Å². The monoisotopic (exact) mass is 344 g/mol. The standard InChI is InChI=1S/C24H28N2/c1-18-7-4-8-21(15-18)17-26-14-6-13-25-12-5-9-23(25)24(26)22-16-19(2)10-11-20(22)3/h4-5,7-12,15-16,24H,6,13-14,17H2,1-3H3/t24-/m1/s1. The Morgan fingerprint density at radius 1 is 0.885 bits per heavy atom. The quantitative estimate of drug-likeness (QED) is 0.617. The summed E-state index contributed by atoms with van der Waals surface area (Å²) in [6, 6.07) is 20.6. The van der Waals surface area contributed by atoms with E-state index in [0.29, 0.717) is 6.04 Å². The minimum Gasteiger partial charge on any atom is -0.350 e. The molecule has 1 aromatic heterocycles. The van der Waals surface area contributed by atoms with Crippen molar-refractivity contribution in [1.82, 2.24) is 9.47 Å². The van der Waals surface area contributed by atoms with Crippen molar-refractivity contribution in [3.8, 4) is 0 Å². The van der Waals surface area contributed by atoms with Crippen LogP contribution in [0.2, 0.25) is 0 Å². The lowest BCUT2D eigenvalue weighted by molar-refractivity contribution is 0.220. The number of fused-ring (bicyclic) bond motifs is 1. The zero-order chi connectivity index (χ0) is 18.1. The van der Waals surface area contributed by atoms with Gasteiger partial charge in [0.2, 0.25) is 0 Å². The van der Waals surface area contributed by atoms with Crippen molar-refractivity contribution >= 4 is 0 Å². The maximum Gasteiger partial charge on any atom is 0.0761 e. The lowest BCUT2D eigenvalue weighted by Crippen LogP contribution is -2.30. The van der Waals surface area contributed by atoms with Gasteiger partial charge in [0, 0.05) is 31.5 Å². The van der Waals surface area contributed by atoms with Crippen molar-refractivity contribution in [2.45, 2.75) is 46.3 Å². The van der Waals surface area contributed by atoms with Crippen LogP contribution in [0.1, 0.15) is 46.0 Å². The molecule has 134 valence electrons. The molecule has 0 aliphatic carbocycles. The first-order chi connectivity index (χ1) is 12.6. The molecule has 0 fully saturated rings. The van der Waals surface area contributed by atoms with Crippen LogP contribution in [0, 0.1) is 20.8 Å². The Morgan fingerprint density at radius 2 is 1.73 bits per heavy atom. The van der Waals surface area contributed by atoms with Gasteiger partial charge in [-0.2, -0.15) is 0 Å². The molecule has 0 saturated heterocycles. The molecule has 0 radical (unpaired) electrons. The van der Waals surface area contributed by atoms with Gasteiger partial charge in [0.25, 0.3) is 0 Å². The SMILES string of the molecule is Cc1cccc(CN2CCCn3cccc3[C@H]2c2cc(C)ccc2C)c1. The number of rotatable bonds is 3. The van der Waals surface area contributed by atoms with Crippen molar-refractivity contribution in [2.75, 3.05) is 6.54 Å². The van der Waals surface area contributed by atoms with Crippen molar-refractivity contribution in [1.29, 1.82) is 0 Å². The van der Waals surface area contributed by atoms with Gasteiger partial charge in [0.05, 0.1) is 6.04 Å². The fourth-order valence-corrected chi connectivity index (χ4v) is 4.27. The molecule has 0 bridgehead atoms. The van der Waals surface area contributed by atoms with E-state index in [-0.39, 0.29) is 0 Å². The first kappa shape index (κ1) is 17.1. The van der Waals surface area contributed by atoms with Crippen LogP contribution >= 0.6 is 0 Å². The number of aromatic nitrogens is 1. The summed E-state index contributed by atoms with van der Waals surface area (Å²) in [7, 11) is 0. The molecular formula is C24H28N2. The number of hydrogen-bond donors (Lipinski definition) is 0. The van der Waals surface area contributed by atoms with Gasteiger partial charge in [-0.3, -0.25) is 4.90 Å². The Kier molecular flexibility index (Phi) is 4.69. The number of aryl methyl sites for hydroxylation is 4. The Labute approximate surface area is 157 Å². The van der Waals surface area contributed by atoms with Crippen LogP contribution in [0.25, 0.3) is 0 Å². The number of nitrogens with zero attached hydrogens (tertiary/aromatic N) is 2. The molecule has 1 atom stereocenters. The highest BCUT2D eigenvalue weighted by molar-refractivity contribution is 5.38. The average Bonchev–Trinajstić information content (AvgIpc) is 3.00. The Balaban J connectivity index is 1.79. The Bertz CT molecular complexity index is 906. The number of hydrogen-bond acceptors (Lipinski definition) is 1. The highest BCUT2D eigenvalue weighted by Crippen LogP contribution is 2.35. The van der Waals surface area contributed by atoms with E-state index < -0.39 is 0 Å². The lowest BCUT2D eigenvalue weighted by Gasteiger charge is -2.32. The van der Waals surface area contributed by atoms with E-state index in [4.69, 9.17) is 0 Å². The minimum atomic E-state index is 0.313. The Hall–Kier alpha value is -2.32. The van der Waals surface area contributed by atoms with Gasteiger partial charge in [-0.15, -0.1) is 0 Å². The van der Waals surface area contributed by atoms with Gasteiger partial charge in [-0.1, -0.05) is 53.6 Å².